The molecule has 0 saturated heterocycles. The average Bonchev–Trinajstić information content (AvgIpc) is 3.26. The second-order valence-corrected chi connectivity index (χ2v) is 6.82. The first kappa shape index (κ1) is 18.6. The summed E-state index contributed by atoms with van der Waals surface area (Å²) in [6, 6.07) is 18.5. The van der Waals surface area contributed by atoms with Gasteiger partial charge < -0.3 is 9.47 Å². The Morgan fingerprint density at radius 3 is 2.61 bits per heavy atom. The van der Waals surface area contributed by atoms with Gasteiger partial charge in [0, 0.05) is 6.07 Å². The number of nitro groups is 1. The van der Waals surface area contributed by atoms with Crippen LogP contribution in [0.3, 0.4) is 0 Å². The van der Waals surface area contributed by atoms with Gasteiger partial charge >= 0.3 is 0 Å². The van der Waals surface area contributed by atoms with Crippen LogP contribution in [0.15, 0.2) is 71.5 Å². The summed E-state index contributed by atoms with van der Waals surface area (Å²) in [5.41, 5.74) is 0.902. The smallest absolute Gasteiger partial charge is 0.293 e. The molecule has 0 N–H and O–H groups in total. The van der Waals surface area contributed by atoms with Crippen molar-refractivity contribution >= 4 is 28.7 Å². The van der Waals surface area contributed by atoms with Gasteiger partial charge in [-0.05, 0) is 42.0 Å². The first-order chi connectivity index (χ1) is 15.1. The third-order valence-electron chi connectivity index (χ3n) is 4.94. The minimum absolute atomic E-state index is 0.154. The van der Waals surface area contributed by atoms with Crippen LogP contribution < -0.4 is 15.0 Å². The fourth-order valence-corrected chi connectivity index (χ4v) is 3.49. The molecular weight excluding hydrogens is 398 g/mol. The Labute approximate surface area is 175 Å². The molecule has 0 radical (unpaired) electrons. The monoisotopic (exact) mass is 413 g/mol. The number of para-hydroxylation sites is 3. The molecule has 0 fully saturated rings. The maximum Gasteiger partial charge on any atom is 0.293 e. The van der Waals surface area contributed by atoms with Crippen LogP contribution in [0.4, 0.5) is 5.69 Å². The number of nitro benzene ring substituents is 1. The van der Waals surface area contributed by atoms with Gasteiger partial charge in [0.05, 0.1) is 15.8 Å². The van der Waals surface area contributed by atoms with Crippen molar-refractivity contribution in [2.75, 3.05) is 6.79 Å². The first-order valence-corrected chi connectivity index (χ1v) is 9.45. The number of benzene rings is 3. The van der Waals surface area contributed by atoms with Crippen molar-refractivity contribution in [1.82, 2.24) is 9.55 Å². The molecule has 5 rings (SSSR count). The van der Waals surface area contributed by atoms with Gasteiger partial charge in [0.15, 0.2) is 11.5 Å². The van der Waals surface area contributed by atoms with E-state index in [1.807, 2.05) is 12.1 Å². The minimum atomic E-state index is -0.512. The Balaban J connectivity index is 1.71. The van der Waals surface area contributed by atoms with Gasteiger partial charge in [-0.1, -0.05) is 36.4 Å². The summed E-state index contributed by atoms with van der Waals surface area (Å²) >= 11 is 0. The maximum absolute atomic E-state index is 13.3. The molecule has 0 atom stereocenters. The van der Waals surface area contributed by atoms with Crippen LogP contribution in [0, 0.1) is 10.1 Å². The van der Waals surface area contributed by atoms with E-state index in [2.05, 4.69) is 4.98 Å². The van der Waals surface area contributed by atoms with Crippen LogP contribution in [-0.4, -0.2) is 21.3 Å². The number of ether oxygens (including phenoxy) is 2. The Hall–Kier alpha value is -4.46. The summed E-state index contributed by atoms with van der Waals surface area (Å²) in [7, 11) is 0. The zero-order chi connectivity index (χ0) is 21.4. The van der Waals surface area contributed by atoms with Gasteiger partial charge in [-0.3, -0.25) is 19.5 Å². The number of rotatable bonds is 4. The third-order valence-corrected chi connectivity index (χ3v) is 4.94. The fourth-order valence-electron chi connectivity index (χ4n) is 3.49. The molecule has 8 heteroatoms. The molecule has 31 heavy (non-hydrogen) atoms. The highest BCUT2D eigenvalue weighted by molar-refractivity contribution is 5.80. The van der Waals surface area contributed by atoms with E-state index in [0.717, 1.165) is 5.56 Å². The van der Waals surface area contributed by atoms with E-state index < -0.39 is 4.92 Å². The van der Waals surface area contributed by atoms with Crippen molar-refractivity contribution in [1.29, 1.82) is 0 Å². The van der Waals surface area contributed by atoms with Gasteiger partial charge in [0.25, 0.3) is 11.2 Å². The van der Waals surface area contributed by atoms with Crippen molar-refractivity contribution in [3.8, 4) is 17.2 Å². The second-order valence-electron chi connectivity index (χ2n) is 6.82. The number of hydrogen-bond donors (Lipinski definition) is 0. The molecule has 0 aliphatic carbocycles. The summed E-state index contributed by atoms with van der Waals surface area (Å²) in [6.45, 7) is 0.173. The summed E-state index contributed by atoms with van der Waals surface area (Å²) in [5.74, 6) is 1.57. The molecule has 4 aromatic rings. The molecule has 3 aromatic carbocycles. The molecule has 0 unspecified atom stereocenters. The average molecular weight is 413 g/mol. The van der Waals surface area contributed by atoms with Crippen LogP contribution >= 0.6 is 0 Å². The van der Waals surface area contributed by atoms with Crippen LogP contribution in [0.1, 0.15) is 11.4 Å². The van der Waals surface area contributed by atoms with E-state index in [0.29, 0.717) is 22.4 Å². The first-order valence-electron chi connectivity index (χ1n) is 9.45. The van der Waals surface area contributed by atoms with Crippen LogP contribution in [0.25, 0.3) is 28.7 Å². The quantitative estimate of drug-likeness (QED) is 0.368. The lowest BCUT2D eigenvalue weighted by Crippen LogP contribution is -2.23. The highest BCUT2D eigenvalue weighted by Gasteiger charge is 2.19. The summed E-state index contributed by atoms with van der Waals surface area (Å²) in [5, 5.41) is 12.0. The number of nitrogens with zero attached hydrogens (tertiary/aromatic N) is 3. The van der Waals surface area contributed by atoms with Gasteiger partial charge in [-0.25, -0.2) is 4.98 Å². The van der Waals surface area contributed by atoms with Crippen molar-refractivity contribution in [3.63, 3.8) is 0 Å². The topological polar surface area (TPSA) is 96.5 Å². The lowest BCUT2D eigenvalue weighted by molar-refractivity contribution is -0.384. The molecule has 152 valence electrons. The van der Waals surface area contributed by atoms with E-state index in [4.69, 9.17) is 9.47 Å². The fraction of sp³-hybridized carbons (Fsp3) is 0.0435. The van der Waals surface area contributed by atoms with Crippen LogP contribution in [-0.2, 0) is 0 Å². The van der Waals surface area contributed by atoms with E-state index in [-0.39, 0.29) is 29.6 Å². The zero-order valence-electron chi connectivity index (χ0n) is 16.1. The van der Waals surface area contributed by atoms with Crippen molar-refractivity contribution in [2.24, 2.45) is 0 Å². The lowest BCUT2D eigenvalue weighted by atomic mass is 10.1. The summed E-state index contributed by atoms with van der Waals surface area (Å²) in [6.07, 6.45) is 3.42. The van der Waals surface area contributed by atoms with Gasteiger partial charge in [0.2, 0.25) is 6.79 Å². The standard InChI is InChI=1S/C23H15N3O5/c27-23-16-5-1-2-6-17(16)24-22(25(23)18-7-3-4-8-19(18)26(28)29)12-10-15-9-11-20-21(13-15)31-14-30-20/h1-13H,14H2/b12-10+. The Morgan fingerprint density at radius 1 is 0.968 bits per heavy atom. The molecule has 0 amide bonds. The van der Waals surface area contributed by atoms with Crippen molar-refractivity contribution in [3.05, 3.63) is 98.6 Å². The highest BCUT2D eigenvalue weighted by atomic mass is 16.7. The van der Waals surface area contributed by atoms with Crippen molar-refractivity contribution in [2.45, 2.75) is 0 Å². The minimum Gasteiger partial charge on any atom is -0.454 e. The normalized spacial score (nSPS) is 12.5. The molecule has 0 bridgehead atoms. The molecule has 0 saturated carbocycles. The van der Waals surface area contributed by atoms with Gasteiger partial charge in [-0.2, -0.15) is 0 Å². The maximum atomic E-state index is 13.3. The zero-order valence-corrected chi connectivity index (χ0v) is 16.1. The van der Waals surface area contributed by atoms with Gasteiger partial charge in [-0.15, -0.1) is 0 Å². The molecule has 1 aliphatic heterocycles. The largest absolute Gasteiger partial charge is 0.454 e. The molecule has 0 spiro atoms. The number of hydrogen-bond acceptors (Lipinski definition) is 6. The predicted molar refractivity (Wildman–Crippen MR) is 115 cm³/mol. The van der Waals surface area contributed by atoms with E-state index in [1.54, 1.807) is 54.6 Å². The molecular formula is C23H15N3O5. The Bertz CT molecular complexity index is 1420. The predicted octanol–water partition coefficient (Wildman–Crippen LogP) is 4.19. The number of fused-ring (bicyclic) bond motifs is 2. The van der Waals surface area contributed by atoms with E-state index in [1.165, 1.54) is 16.7 Å². The van der Waals surface area contributed by atoms with E-state index >= 15 is 0 Å². The lowest BCUT2D eigenvalue weighted by Gasteiger charge is -2.11. The SMILES string of the molecule is O=c1c2ccccc2nc(/C=C/c2ccc3c(c2)OCO3)n1-c1ccccc1[N+](=O)[O-]. The molecule has 2 heterocycles. The van der Waals surface area contributed by atoms with Crippen LogP contribution in [0.5, 0.6) is 11.5 Å². The highest BCUT2D eigenvalue weighted by Crippen LogP contribution is 2.33. The Morgan fingerprint density at radius 2 is 1.74 bits per heavy atom. The Kier molecular flexibility index (Phi) is 4.44. The number of aromatic nitrogens is 2. The van der Waals surface area contributed by atoms with Crippen LogP contribution in [0.2, 0.25) is 0 Å². The molecule has 8 nitrogen and oxygen atoms in total. The summed E-state index contributed by atoms with van der Waals surface area (Å²) < 4.78 is 12.0. The van der Waals surface area contributed by atoms with Gasteiger partial charge in [0.1, 0.15) is 11.5 Å². The molecule has 1 aliphatic rings. The molecule has 1 aromatic heterocycles. The second kappa shape index (κ2) is 7.42. The van der Waals surface area contributed by atoms with E-state index in [9.17, 15) is 14.9 Å². The third kappa shape index (κ3) is 3.29. The van der Waals surface area contributed by atoms with Crippen molar-refractivity contribution < 1.29 is 14.4 Å². The summed E-state index contributed by atoms with van der Waals surface area (Å²) in [4.78, 5) is 29.0.